The molecule has 39 heavy (non-hydrogen) atoms. The highest BCUT2D eigenvalue weighted by atomic mass is 16.2. The summed E-state index contributed by atoms with van der Waals surface area (Å²) in [6, 6.07) is 11.9. The minimum atomic E-state index is -0.773. The van der Waals surface area contributed by atoms with Crippen LogP contribution >= 0.6 is 0 Å². The molecule has 1 heterocycles. The number of carbonyl (C=O) groups excluding carboxylic acids is 2. The predicted molar refractivity (Wildman–Crippen MR) is 150 cm³/mol. The van der Waals surface area contributed by atoms with Crippen LogP contribution in [0.2, 0.25) is 0 Å². The van der Waals surface area contributed by atoms with E-state index in [4.69, 9.17) is 5.73 Å². The molecule has 2 aromatic carbocycles. The smallest absolute Gasteiger partial charge is 0.253 e. The van der Waals surface area contributed by atoms with Crippen LogP contribution < -0.4 is 5.73 Å². The summed E-state index contributed by atoms with van der Waals surface area (Å²) in [5, 5.41) is 15.8. The van der Waals surface area contributed by atoms with Gasteiger partial charge < -0.3 is 15.5 Å². The van der Waals surface area contributed by atoms with E-state index in [2.05, 4.69) is 32.8 Å². The van der Waals surface area contributed by atoms with Gasteiger partial charge in [0.1, 0.15) is 0 Å². The summed E-state index contributed by atoms with van der Waals surface area (Å²) in [7, 11) is 7.06. The maximum atomic E-state index is 12.9. The second kappa shape index (κ2) is 10.9. The molecule has 1 fully saturated rings. The number of H-pyrrole nitrogens is 1. The highest BCUT2D eigenvalue weighted by Crippen LogP contribution is 2.48. The molecule has 2 amide bonds. The molecule has 0 aliphatic heterocycles. The van der Waals surface area contributed by atoms with Crippen molar-refractivity contribution in [3.63, 3.8) is 0 Å². The number of hydrogen-bond acceptors (Lipinski definition) is 6. The predicted octanol–water partition coefficient (Wildman–Crippen LogP) is 3.33. The van der Waals surface area contributed by atoms with Gasteiger partial charge in [-0.3, -0.25) is 9.59 Å². The van der Waals surface area contributed by atoms with Crippen LogP contribution in [0.1, 0.15) is 87.3 Å². The van der Waals surface area contributed by atoms with Crippen molar-refractivity contribution in [2.75, 3.05) is 28.2 Å². The molecule has 9 nitrogen and oxygen atoms in total. The number of aromatic amines is 1. The fourth-order valence-electron chi connectivity index (χ4n) is 6.61. The molecule has 2 aliphatic rings. The number of nitrogens with one attached hydrogen (secondary N) is 1. The molecule has 1 atom stereocenters. The van der Waals surface area contributed by atoms with Crippen LogP contribution in [0.5, 0.6) is 0 Å². The lowest BCUT2D eigenvalue weighted by molar-refractivity contribution is 0.0820. The summed E-state index contributed by atoms with van der Waals surface area (Å²) in [4.78, 5) is 29.0. The maximum Gasteiger partial charge on any atom is 0.253 e. The van der Waals surface area contributed by atoms with Gasteiger partial charge in [0.15, 0.2) is 5.82 Å². The van der Waals surface area contributed by atoms with Crippen molar-refractivity contribution in [3.8, 4) is 0 Å². The van der Waals surface area contributed by atoms with Crippen molar-refractivity contribution in [2.45, 2.75) is 62.8 Å². The Morgan fingerprint density at radius 1 is 0.923 bits per heavy atom. The molecule has 0 radical (unpaired) electrons. The van der Waals surface area contributed by atoms with Gasteiger partial charge in [0.2, 0.25) is 0 Å². The number of aromatic nitrogens is 4. The van der Waals surface area contributed by atoms with Crippen LogP contribution in [0.25, 0.3) is 0 Å². The fraction of sp³-hybridized carbons (Fsp3) is 0.500. The number of nitrogens with two attached hydrogens (primary N) is 1. The zero-order valence-corrected chi connectivity index (χ0v) is 23.4. The first-order valence-electron chi connectivity index (χ1n) is 13.9. The molecule has 0 saturated heterocycles. The molecule has 2 aliphatic carbocycles. The van der Waals surface area contributed by atoms with Crippen LogP contribution in [0.15, 0.2) is 36.4 Å². The van der Waals surface area contributed by atoms with Crippen LogP contribution in [0, 0.1) is 5.92 Å². The van der Waals surface area contributed by atoms with E-state index in [9.17, 15) is 9.59 Å². The number of tetrazole rings is 1. The average Bonchev–Trinajstić information content (AvgIpc) is 3.45. The first kappa shape index (κ1) is 27.0. The number of fused-ring (bicyclic) bond motifs is 2. The second-order valence-corrected chi connectivity index (χ2v) is 11.5. The molecule has 206 valence electrons. The Labute approximate surface area is 230 Å². The molecule has 5 rings (SSSR count). The van der Waals surface area contributed by atoms with E-state index < -0.39 is 5.41 Å². The van der Waals surface area contributed by atoms with Crippen LogP contribution in [-0.2, 0) is 18.3 Å². The molecule has 1 saturated carbocycles. The Hall–Kier alpha value is -3.59. The molecule has 9 heteroatoms. The number of aryl methyl sites for hydroxylation is 2. The number of carbonyl (C=O) groups is 2. The first-order chi connectivity index (χ1) is 18.7. The third-order valence-corrected chi connectivity index (χ3v) is 8.62. The Morgan fingerprint density at radius 2 is 1.46 bits per heavy atom. The second-order valence-electron chi connectivity index (χ2n) is 11.5. The van der Waals surface area contributed by atoms with E-state index in [1.807, 2.05) is 24.3 Å². The van der Waals surface area contributed by atoms with Crippen molar-refractivity contribution in [2.24, 2.45) is 11.7 Å². The van der Waals surface area contributed by atoms with Gasteiger partial charge in [-0.1, -0.05) is 36.6 Å². The Morgan fingerprint density at radius 3 is 1.92 bits per heavy atom. The van der Waals surface area contributed by atoms with Gasteiger partial charge in [-0.15, -0.1) is 10.2 Å². The topological polar surface area (TPSA) is 121 Å². The van der Waals surface area contributed by atoms with Crippen molar-refractivity contribution in [1.82, 2.24) is 30.4 Å². The van der Waals surface area contributed by atoms with E-state index in [1.165, 1.54) is 19.3 Å². The summed E-state index contributed by atoms with van der Waals surface area (Å²) in [6.45, 7) is 0. The van der Waals surface area contributed by atoms with Gasteiger partial charge in [0.05, 0.1) is 5.41 Å². The zero-order chi connectivity index (χ0) is 27.7. The number of hydrogen-bond donors (Lipinski definition) is 2. The largest absolute Gasteiger partial charge is 0.345 e. The van der Waals surface area contributed by atoms with Gasteiger partial charge in [-0.05, 0) is 84.5 Å². The molecule has 3 N–H and O–H groups in total. The lowest BCUT2D eigenvalue weighted by Gasteiger charge is -2.39. The molecule has 0 bridgehead atoms. The molecular formula is C30H39N7O2. The number of nitrogens with zero attached hydrogens (tertiary/aromatic N) is 5. The Balaban J connectivity index is 1.73. The highest BCUT2D eigenvalue weighted by molar-refractivity contribution is 5.95. The van der Waals surface area contributed by atoms with Gasteiger partial charge in [0.25, 0.3) is 11.8 Å². The molecular weight excluding hydrogens is 490 g/mol. The van der Waals surface area contributed by atoms with Crippen LogP contribution in [0.3, 0.4) is 0 Å². The molecule has 0 spiro atoms. The molecule has 0 unspecified atom stereocenters. The van der Waals surface area contributed by atoms with Crippen molar-refractivity contribution < 1.29 is 9.59 Å². The van der Waals surface area contributed by atoms with E-state index in [0.717, 1.165) is 47.9 Å². The van der Waals surface area contributed by atoms with Gasteiger partial charge in [-0.25, -0.2) is 0 Å². The van der Waals surface area contributed by atoms with E-state index in [1.54, 1.807) is 38.0 Å². The van der Waals surface area contributed by atoms with Gasteiger partial charge in [0, 0.05) is 45.4 Å². The van der Waals surface area contributed by atoms with E-state index in [0.29, 0.717) is 29.3 Å². The number of amides is 2. The summed E-state index contributed by atoms with van der Waals surface area (Å²) < 4.78 is 0. The lowest BCUT2D eigenvalue weighted by atomic mass is 9.65. The van der Waals surface area contributed by atoms with Gasteiger partial charge >= 0.3 is 0 Å². The average molecular weight is 530 g/mol. The SMILES string of the molecule is CN(C)C(=O)c1ccc2c(c1)CCc1cc(C(=O)N(C)C)ccc1C2(C[C@H](N)C1CCCCC1)c1nn[nH]n1. The maximum absolute atomic E-state index is 12.9. The third-order valence-electron chi connectivity index (χ3n) is 8.62. The van der Waals surface area contributed by atoms with E-state index in [-0.39, 0.29) is 17.9 Å². The quantitative estimate of drug-likeness (QED) is 0.505. The van der Waals surface area contributed by atoms with Crippen molar-refractivity contribution in [3.05, 3.63) is 75.6 Å². The van der Waals surface area contributed by atoms with Crippen molar-refractivity contribution in [1.29, 1.82) is 0 Å². The molecule has 3 aromatic rings. The Bertz CT molecular complexity index is 1270. The summed E-state index contributed by atoms with van der Waals surface area (Å²) in [5.74, 6) is 0.906. The number of rotatable bonds is 6. The fourth-order valence-corrected chi connectivity index (χ4v) is 6.61. The summed E-state index contributed by atoms with van der Waals surface area (Å²) in [5.41, 5.74) is 11.8. The zero-order valence-electron chi connectivity index (χ0n) is 23.4. The normalized spacial score (nSPS) is 17.5. The Kier molecular flexibility index (Phi) is 7.53. The number of benzene rings is 2. The summed E-state index contributed by atoms with van der Waals surface area (Å²) >= 11 is 0. The van der Waals surface area contributed by atoms with Crippen LogP contribution in [0.4, 0.5) is 0 Å². The van der Waals surface area contributed by atoms with E-state index >= 15 is 0 Å². The van der Waals surface area contributed by atoms with Gasteiger partial charge in [-0.2, -0.15) is 5.21 Å². The first-order valence-corrected chi connectivity index (χ1v) is 13.9. The third kappa shape index (κ3) is 4.95. The minimum absolute atomic E-state index is 0.0394. The molecule has 1 aromatic heterocycles. The summed E-state index contributed by atoms with van der Waals surface area (Å²) in [6.07, 6.45) is 7.95. The lowest BCUT2D eigenvalue weighted by Crippen LogP contribution is -2.43. The van der Waals surface area contributed by atoms with Crippen LogP contribution in [-0.4, -0.2) is 76.5 Å². The highest BCUT2D eigenvalue weighted by Gasteiger charge is 2.46. The van der Waals surface area contributed by atoms with Crippen molar-refractivity contribution >= 4 is 11.8 Å². The minimum Gasteiger partial charge on any atom is -0.345 e. The monoisotopic (exact) mass is 529 g/mol. The standard InChI is InChI=1S/C30H39N7O2/c1-36(2)27(38)22-12-14-24-20(16-22)10-11-21-17-23(28(39)37(3)4)13-15-25(21)30(24,29-32-34-35-33-29)18-26(31)19-8-6-5-7-9-19/h12-17,19,26H,5-11,18,31H2,1-4H3,(H,32,33,34,35)/t26-/m0/s1.